The minimum atomic E-state index is 0.115. The molecule has 24 heavy (non-hydrogen) atoms. The summed E-state index contributed by atoms with van der Waals surface area (Å²) in [6.45, 7) is 8.13. The fourth-order valence-corrected chi connectivity index (χ4v) is 3.06. The van der Waals surface area contributed by atoms with E-state index >= 15 is 0 Å². The van der Waals surface area contributed by atoms with Crippen molar-refractivity contribution in [1.82, 2.24) is 24.9 Å². The number of hydrogen-bond acceptors (Lipinski definition) is 5. The average molecular weight is 323 g/mol. The molecule has 0 spiro atoms. The van der Waals surface area contributed by atoms with E-state index in [1.54, 1.807) is 0 Å². The van der Waals surface area contributed by atoms with Gasteiger partial charge in [0, 0.05) is 24.8 Å². The van der Waals surface area contributed by atoms with Crippen molar-refractivity contribution in [3.05, 3.63) is 53.7 Å². The molecule has 0 amide bonds. The summed E-state index contributed by atoms with van der Waals surface area (Å²) in [5.41, 5.74) is 3.34. The van der Waals surface area contributed by atoms with Crippen LogP contribution in [0.2, 0.25) is 0 Å². The first-order chi connectivity index (χ1) is 11.6. The quantitative estimate of drug-likeness (QED) is 0.738. The lowest BCUT2D eigenvalue weighted by molar-refractivity contribution is 0.0484. The molecule has 1 saturated heterocycles. The van der Waals surface area contributed by atoms with Gasteiger partial charge in [-0.25, -0.2) is 0 Å². The van der Waals surface area contributed by atoms with Gasteiger partial charge in [-0.2, -0.15) is 5.10 Å². The first-order valence-corrected chi connectivity index (χ1v) is 8.25. The highest BCUT2D eigenvalue weighted by Crippen LogP contribution is 2.31. The zero-order valence-corrected chi connectivity index (χ0v) is 14.2. The number of benzene rings is 1. The Morgan fingerprint density at radius 2 is 2.00 bits per heavy atom. The minimum Gasteiger partial charge on any atom is -0.419 e. The summed E-state index contributed by atoms with van der Waals surface area (Å²) < 4.78 is 7.95. The molecule has 0 saturated carbocycles. The Labute approximate surface area is 141 Å². The van der Waals surface area contributed by atoms with Gasteiger partial charge in [-0.15, -0.1) is 10.2 Å². The van der Waals surface area contributed by atoms with E-state index in [0.29, 0.717) is 17.8 Å². The standard InChI is InChI=1S/C18H21N5O/c1-12-5-4-6-15(7-12)18-21-20-17(24-18)14(3)22-10-16(11-22)23-9-13(2)8-19-23/h4-9,14,16H,10-11H2,1-3H3. The van der Waals surface area contributed by atoms with Crippen LogP contribution in [-0.2, 0) is 0 Å². The molecular formula is C18H21N5O. The third kappa shape index (κ3) is 2.73. The first-order valence-electron chi connectivity index (χ1n) is 8.25. The summed E-state index contributed by atoms with van der Waals surface area (Å²) in [7, 11) is 0. The van der Waals surface area contributed by atoms with Crippen LogP contribution in [0.3, 0.4) is 0 Å². The van der Waals surface area contributed by atoms with Gasteiger partial charge >= 0.3 is 0 Å². The molecule has 1 aliphatic heterocycles. The number of nitrogens with zero attached hydrogens (tertiary/aromatic N) is 5. The smallest absolute Gasteiger partial charge is 0.247 e. The molecule has 0 bridgehead atoms. The van der Waals surface area contributed by atoms with E-state index in [1.807, 2.05) is 23.0 Å². The zero-order valence-electron chi connectivity index (χ0n) is 14.2. The molecule has 1 atom stereocenters. The molecule has 3 heterocycles. The fourth-order valence-electron chi connectivity index (χ4n) is 3.06. The van der Waals surface area contributed by atoms with Crippen LogP contribution >= 0.6 is 0 Å². The van der Waals surface area contributed by atoms with Crippen LogP contribution < -0.4 is 0 Å². The molecule has 3 aromatic rings. The Kier molecular flexibility index (Phi) is 3.69. The Morgan fingerprint density at radius 1 is 1.17 bits per heavy atom. The summed E-state index contributed by atoms with van der Waals surface area (Å²) >= 11 is 0. The van der Waals surface area contributed by atoms with Gasteiger partial charge in [0.2, 0.25) is 11.8 Å². The number of aryl methyl sites for hydroxylation is 2. The number of aromatic nitrogens is 4. The largest absolute Gasteiger partial charge is 0.419 e. The second-order valence-electron chi connectivity index (χ2n) is 6.60. The highest BCUT2D eigenvalue weighted by molar-refractivity contribution is 5.53. The predicted molar refractivity (Wildman–Crippen MR) is 90.5 cm³/mol. The van der Waals surface area contributed by atoms with Gasteiger partial charge in [0.05, 0.1) is 18.3 Å². The Morgan fingerprint density at radius 3 is 2.71 bits per heavy atom. The van der Waals surface area contributed by atoms with E-state index < -0.39 is 0 Å². The molecule has 0 aliphatic carbocycles. The second-order valence-corrected chi connectivity index (χ2v) is 6.60. The van der Waals surface area contributed by atoms with E-state index in [0.717, 1.165) is 18.7 Å². The van der Waals surface area contributed by atoms with Crippen molar-refractivity contribution >= 4 is 0 Å². The summed E-state index contributed by atoms with van der Waals surface area (Å²) in [5, 5.41) is 12.9. The lowest BCUT2D eigenvalue weighted by Crippen LogP contribution is -2.48. The van der Waals surface area contributed by atoms with Gasteiger partial charge in [-0.05, 0) is 38.5 Å². The van der Waals surface area contributed by atoms with E-state index in [2.05, 4.69) is 59.3 Å². The summed E-state index contributed by atoms with van der Waals surface area (Å²) in [4.78, 5) is 2.33. The summed E-state index contributed by atoms with van der Waals surface area (Å²) in [6.07, 6.45) is 3.99. The van der Waals surface area contributed by atoms with Crippen molar-refractivity contribution in [3.8, 4) is 11.5 Å². The van der Waals surface area contributed by atoms with Crippen molar-refractivity contribution in [2.24, 2.45) is 0 Å². The number of hydrogen-bond donors (Lipinski definition) is 0. The maximum Gasteiger partial charge on any atom is 0.247 e. The number of rotatable bonds is 4. The average Bonchev–Trinajstić information content (AvgIpc) is 3.15. The summed E-state index contributed by atoms with van der Waals surface area (Å²) in [5.74, 6) is 1.25. The van der Waals surface area contributed by atoms with E-state index in [4.69, 9.17) is 4.42 Å². The molecule has 6 nitrogen and oxygen atoms in total. The molecular weight excluding hydrogens is 302 g/mol. The van der Waals surface area contributed by atoms with Crippen molar-refractivity contribution in [3.63, 3.8) is 0 Å². The SMILES string of the molecule is Cc1cccc(-c2nnc(C(C)N3CC(n4cc(C)cn4)C3)o2)c1. The summed E-state index contributed by atoms with van der Waals surface area (Å²) in [6, 6.07) is 8.66. The third-order valence-electron chi connectivity index (χ3n) is 4.61. The Bertz CT molecular complexity index is 846. The van der Waals surface area contributed by atoms with Gasteiger partial charge in [0.15, 0.2) is 0 Å². The molecule has 0 N–H and O–H groups in total. The Balaban J connectivity index is 1.44. The van der Waals surface area contributed by atoms with Crippen molar-refractivity contribution in [2.45, 2.75) is 32.9 Å². The topological polar surface area (TPSA) is 60.0 Å². The van der Waals surface area contributed by atoms with Crippen molar-refractivity contribution in [1.29, 1.82) is 0 Å². The van der Waals surface area contributed by atoms with Crippen LogP contribution in [0.25, 0.3) is 11.5 Å². The minimum absolute atomic E-state index is 0.115. The molecule has 4 rings (SSSR count). The van der Waals surface area contributed by atoms with Crippen molar-refractivity contribution in [2.75, 3.05) is 13.1 Å². The van der Waals surface area contributed by atoms with Gasteiger partial charge in [-0.3, -0.25) is 9.58 Å². The highest BCUT2D eigenvalue weighted by atomic mass is 16.4. The molecule has 1 aromatic carbocycles. The lowest BCUT2D eigenvalue weighted by atomic mass is 10.1. The van der Waals surface area contributed by atoms with Crippen LogP contribution in [0.15, 0.2) is 41.1 Å². The van der Waals surface area contributed by atoms with Crippen molar-refractivity contribution < 1.29 is 4.42 Å². The first kappa shape index (κ1) is 15.1. The maximum atomic E-state index is 5.90. The highest BCUT2D eigenvalue weighted by Gasteiger charge is 2.34. The number of likely N-dealkylation sites (tertiary alicyclic amines) is 1. The van der Waals surface area contributed by atoms with Crippen LogP contribution in [0.1, 0.15) is 36.0 Å². The van der Waals surface area contributed by atoms with Gasteiger partial charge in [-0.1, -0.05) is 17.7 Å². The molecule has 1 unspecified atom stereocenters. The molecule has 2 aromatic heterocycles. The van der Waals surface area contributed by atoms with E-state index in [-0.39, 0.29) is 6.04 Å². The maximum absolute atomic E-state index is 5.90. The molecule has 124 valence electrons. The molecule has 6 heteroatoms. The second kappa shape index (κ2) is 5.87. The van der Waals surface area contributed by atoms with E-state index in [1.165, 1.54) is 11.1 Å². The zero-order chi connectivity index (χ0) is 16.7. The Hall–Kier alpha value is -2.47. The van der Waals surface area contributed by atoms with Crippen LogP contribution in [-0.4, -0.2) is 38.0 Å². The molecule has 1 fully saturated rings. The fraction of sp³-hybridized carbons (Fsp3) is 0.389. The van der Waals surface area contributed by atoms with Crippen LogP contribution in [0.4, 0.5) is 0 Å². The van der Waals surface area contributed by atoms with Gasteiger partial charge < -0.3 is 4.42 Å². The third-order valence-corrected chi connectivity index (χ3v) is 4.61. The van der Waals surface area contributed by atoms with Gasteiger partial charge in [0.25, 0.3) is 0 Å². The van der Waals surface area contributed by atoms with Crippen LogP contribution in [0, 0.1) is 13.8 Å². The molecule has 0 radical (unpaired) electrons. The van der Waals surface area contributed by atoms with E-state index in [9.17, 15) is 0 Å². The monoisotopic (exact) mass is 323 g/mol. The van der Waals surface area contributed by atoms with Crippen LogP contribution in [0.5, 0.6) is 0 Å². The van der Waals surface area contributed by atoms with Gasteiger partial charge in [0.1, 0.15) is 0 Å². The lowest BCUT2D eigenvalue weighted by Gasteiger charge is -2.41. The predicted octanol–water partition coefficient (Wildman–Crippen LogP) is 3.17. The normalized spacial score (nSPS) is 17.0. The molecule has 1 aliphatic rings.